The summed E-state index contributed by atoms with van der Waals surface area (Å²) in [5.74, 6) is -0.249. The summed E-state index contributed by atoms with van der Waals surface area (Å²) >= 11 is 0. The van der Waals surface area contributed by atoms with E-state index in [1.54, 1.807) is 0 Å². The molecule has 0 aromatic rings. The van der Waals surface area contributed by atoms with E-state index in [0.717, 1.165) is 51.4 Å². The van der Waals surface area contributed by atoms with E-state index in [0.29, 0.717) is 12.3 Å². The Hall–Kier alpha value is -0.120. The summed E-state index contributed by atoms with van der Waals surface area (Å²) < 4.78 is 6.07. The second-order valence-electron chi connectivity index (χ2n) is 7.32. The summed E-state index contributed by atoms with van der Waals surface area (Å²) in [6.07, 6.45) is 8.99. The summed E-state index contributed by atoms with van der Waals surface area (Å²) in [7, 11) is 0. The molecule has 1 aliphatic heterocycles. The van der Waals surface area contributed by atoms with Gasteiger partial charge in [0.25, 0.3) is 0 Å². The van der Waals surface area contributed by atoms with Crippen LogP contribution in [0.4, 0.5) is 0 Å². The minimum atomic E-state index is -0.917. The van der Waals surface area contributed by atoms with Crippen LogP contribution in [0.3, 0.4) is 0 Å². The van der Waals surface area contributed by atoms with Crippen LogP contribution >= 0.6 is 0 Å². The predicted octanol–water partition coefficient (Wildman–Crippen LogP) is 3.23. The minimum Gasteiger partial charge on any atom is -0.393 e. The molecule has 1 heterocycles. The molecule has 0 bridgehead atoms. The van der Waals surface area contributed by atoms with Crippen molar-refractivity contribution >= 4 is 0 Å². The van der Waals surface area contributed by atoms with Gasteiger partial charge in [-0.25, -0.2) is 0 Å². The third kappa shape index (κ3) is 2.05. The van der Waals surface area contributed by atoms with Gasteiger partial charge in [0.15, 0.2) is 5.79 Å². The van der Waals surface area contributed by atoms with Gasteiger partial charge in [-0.3, -0.25) is 0 Å². The molecular formula is C17H30O3. The first-order valence-corrected chi connectivity index (χ1v) is 8.64. The second kappa shape index (κ2) is 5.26. The molecule has 0 aromatic heterocycles. The molecule has 6 atom stereocenters. The molecule has 3 fully saturated rings. The monoisotopic (exact) mass is 282 g/mol. The molecule has 0 amide bonds. The fourth-order valence-corrected chi connectivity index (χ4v) is 5.47. The largest absolute Gasteiger partial charge is 0.393 e. The Morgan fingerprint density at radius 3 is 2.55 bits per heavy atom. The Balaban J connectivity index is 1.88. The summed E-state index contributed by atoms with van der Waals surface area (Å²) in [6, 6.07) is 0. The zero-order valence-corrected chi connectivity index (χ0v) is 13.0. The summed E-state index contributed by atoms with van der Waals surface area (Å²) in [5, 5.41) is 21.6. The number of hydrogen-bond donors (Lipinski definition) is 2. The highest BCUT2D eigenvalue weighted by Gasteiger charge is 2.59. The van der Waals surface area contributed by atoms with Crippen molar-refractivity contribution in [2.45, 2.75) is 89.6 Å². The van der Waals surface area contributed by atoms with Crippen LogP contribution in [-0.4, -0.2) is 28.2 Å². The molecule has 2 saturated carbocycles. The molecule has 3 heteroatoms. The van der Waals surface area contributed by atoms with Gasteiger partial charge in [-0.1, -0.05) is 20.3 Å². The lowest BCUT2D eigenvalue weighted by Gasteiger charge is -2.60. The van der Waals surface area contributed by atoms with Crippen molar-refractivity contribution in [2.75, 3.05) is 0 Å². The van der Waals surface area contributed by atoms with Crippen LogP contribution in [0, 0.1) is 17.3 Å². The fourth-order valence-electron chi connectivity index (χ4n) is 5.47. The van der Waals surface area contributed by atoms with Crippen molar-refractivity contribution < 1.29 is 14.9 Å². The van der Waals surface area contributed by atoms with Crippen LogP contribution < -0.4 is 0 Å². The predicted molar refractivity (Wildman–Crippen MR) is 78.1 cm³/mol. The highest BCUT2D eigenvalue weighted by atomic mass is 16.6. The van der Waals surface area contributed by atoms with Crippen LogP contribution in [0.15, 0.2) is 0 Å². The molecular weight excluding hydrogens is 252 g/mol. The number of aliphatic hydroxyl groups excluding tert-OH is 1. The maximum Gasteiger partial charge on any atom is 0.168 e. The Labute approximate surface area is 122 Å². The standard InChI is InChI=1S/C17H30O3/c1-3-12-8-9-14-13-6-5-7-15(18)16(13,4-2)10-11-17(14,19)20-12/h12-15,18-19H,3-11H2,1-2H3. The molecule has 0 radical (unpaired) electrons. The van der Waals surface area contributed by atoms with E-state index in [-0.39, 0.29) is 23.5 Å². The van der Waals surface area contributed by atoms with Gasteiger partial charge in [-0.05, 0) is 56.3 Å². The first-order valence-electron chi connectivity index (χ1n) is 8.64. The summed E-state index contributed by atoms with van der Waals surface area (Å²) in [4.78, 5) is 0. The van der Waals surface area contributed by atoms with Crippen molar-refractivity contribution in [3.8, 4) is 0 Å². The van der Waals surface area contributed by atoms with Crippen molar-refractivity contribution in [3.05, 3.63) is 0 Å². The van der Waals surface area contributed by atoms with E-state index in [4.69, 9.17) is 4.74 Å². The van der Waals surface area contributed by atoms with Gasteiger partial charge >= 0.3 is 0 Å². The molecule has 3 aliphatic rings. The van der Waals surface area contributed by atoms with E-state index in [1.165, 1.54) is 0 Å². The average molecular weight is 282 g/mol. The maximum absolute atomic E-state index is 11.0. The Morgan fingerprint density at radius 1 is 1.05 bits per heavy atom. The lowest BCUT2D eigenvalue weighted by Crippen LogP contribution is -2.61. The Morgan fingerprint density at radius 2 is 1.85 bits per heavy atom. The summed E-state index contributed by atoms with van der Waals surface area (Å²) in [5.41, 5.74) is 0.0392. The second-order valence-corrected chi connectivity index (χ2v) is 7.32. The van der Waals surface area contributed by atoms with E-state index < -0.39 is 5.79 Å². The smallest absolute Gasteiger partial charge is 0.168 e. The number of aliphatic hydroxyl groups is 2. The molecule has 0 spiro atoms. The molecule has 3 nitrogen and oxygen atoms in total. The normalized spacial score (nSPS) is 52.2. The highest BCUT2D eigenvalue weighted by Crippen LogP contribution is 2.60. The zero-order chi connectivity index (χ0) is 14.4. The SMILES string of the molecule is CCC1CCC2C3CCCC(O)C3(CC)CCC2(O)O1. The van der Waals surface area contributed by atoms with Gasteiger partial charge in [0, 0.05) is 12.3 Å². The number of rotatable bonds is 2. The molecule has 1 saturated heterocycles. The van der Waals surface area contributed by atoms with Gasteiger partial charge in [-0.2, -0.15) is 0 Å². The molecule has 116 valence electrons. The maximum atomic E-state index is 11.0. The van der Waals surface area contributed by atoms with Crippen molar-refractivity contribution in [2.24, 2.45) is 17.3 Å². The Bertz CT molecular complexity index is 358. The van der Waals surface area contributed by atoms with Gasteiger partial charge in [-0.15, -0.1) is 0 Å². The van der Waals surface area contributed by atoms with E-state index in [2.05, 4.69) is 13.8 Å². The summed E-state index contributed by atoms with van der Waals surface area (Å²) in [6.45, 7) is 4.35. The molecule has 20 heavy (non-hydrogen) atoms. The lowest BCUT2D eigenvalue weighted by molar-refractivity contribution is -0.330. The topological polar surface area (TPSA) is 49.7 Å². The minimum absolute atomic E-state index is 0.0392. The van der Waals surface area contributed by atoms with Gasteiger partial charge in [0.2, 0.25) is 0 Å². The fraction of sp³-hybridized carbons (Fsp3) is 1.00. The zero-order valence-electron chi connectivity index (χ0n) is 13.0. The number of hydrogen-bond acceptors (Lipinski definition) is 3. The van der Waals surface area contributed by atoms with Crippen LogP contribution in [0.5, 0.6) is 0 Å². The van der Waals surface area contributed by atoms with Gasteiger partial charge in [0.05, 0.1) is 12.2 Å². The van der Waals surface area contributed by atoms with Crippen molar-refractivity contribution in [1.82, 2.24) is 0 Å². The first kappa shape index (κ1) is 14.8. The van der Waals surface area contributed by atoms with Gasteiger partial charge < -0.3 is 14.9 Å². The number of ether oxygens (including phenoxy) is 1. The van der Waals surface area contributed by atoms with Crippen LogP contribution in [0.2, 0.25) is 0 Å². The van der Waals surface area contributed by atoms with Crippen molar-refractivity contribution in [3.63, 3.8) is 0 Å². The molecule has 2 N–H and O–H groups in total. The average Bonchev–Trinajstić information content (AvgIpc) is 2.46. The first-order chi connectivity index (χ1) is 9.55. The van der Waals surface area contributed by atoms with Gasteiger partial charge in [0.1, 0.15) is 0 Å². The lowest BCUT2D eigenvalue weighted by atomic mass is 9.51. The van der Waals surface area contributed by atoms with Crippen LogP contribution in [-0.2, 0) is 4.74 Å². The molecule has 0 aromatic carbocycles. The molecule has 2 aliphatic carbocycles. The quantitative estimate of drug-likeness (QED) is 0.817. The van der Waals surface area contributed by atoms with E-state index in [1.807, 2.05) is 0 Å². The van der Waals surface area contributed by atoms with Crippen LogP contribution in [0.1, 0.15) is 71.6 Å². The third-order valence-electron chi connectivity index (χ3n) is 6.69. The molecule has 3 rings (SSSR count). The highest BCUT2D eigenvalue weighted by molar-refractivity contribution is 5.06. The number of fused-ring (bicyclic) bond motifs is 3. The third-order valence-corrected chi connectivity index (χ3v) is 6.69. The van der Waals surface area contributed by atoms with Crippen molar-refractivity contribution in [1.29, 1.82) is 0 Å². The van der Waals surface area contributed by atoms with E-state index in [9.17, 15) is 10.2 Å². The van der Waals surface area contributed by atoms with Crippen LogP contribution in [0.25, 0.3) is 0 Å². The Kier molecular flexibility index (Phi) is 3.89. The van der Waals surface area contributed by atoms with E-state index >= 15 is 0 Å². The molecule has 6 unspecified atom stereocenters.